The normalized spacial score (nSPS) is 34.3. The largest absolute Gasteiger partial charge is 0.399 e. The molecule has 1 heterocycles. The lowest BCUT2D eigenvalue weighted by Crippen LogP contribution is -2.62. The first-order valence-corrected chi connectivity index (χ1v) is 10.4. The van der Waals surface area contributed by atoms with E-state index < -0.39 is 0 Å². The summed E-state index contributed by atoms with van der Waals surface area (Å²) in [7, 11) is 0. The second kappa shape index (κ2) is 6.24. The van der Waals surface area contributed by atoms with Gasteiger partial charge in [0, 0.05) is 29.7 Å². The van der Waals surface area contributed by atoms with Crippen LogP contribution in [0.5, 0.6) is 0 Å². The number of hydrogen-bond acceptors (Lipinski definition) is 2. The van der Waals surface area contributed by atoms with Crippen LogP contribution in [0.1, 0.15) is 37.0 Å². The Hall–Kier alpha value is -2.06. The van der Waals surface area contributed by atoms with Crippen molar-refractivity contribution in [2.45, 2.75) is 50.6 Å². The van der Waals surface area contributed by atoms with E-state index in [0.29, 0.717) is 18.0 Å². The molecule has 4 unspecified atom stereocenters. The molecular formula is C25H30N2. The molecule has 5 atom stereocenters. The number of allylic oxidation sites excluding steroid dienone is 1. The standard InChI is InChI=1S/C25H30N2/c1-17-19-10-12-25(2)22-9-4-3-7-20(22)16-24(23(25)15-19)27(17)13-11-18-6-5-8-21(26)14-18/h3-10,12,14,17,19,23-24H,11,13,15-16,26H2,1-2H3/t17?,19?,23?,24?,25-/m1/s1. The summed E-state index contributed by atoms with van der Waals surface area (Å²) in [5.74, 6) is 1.41. The van der Waals surface area contributed by atoms with E-state index >= 15 is 0 Å². The summed E-state index contributed by atoms with van der Waals surface area (Å²) in [5, 5.41) is 0. The molecule has 2 aromatic carbocycles. The molecule has 1 saturated heterocycles. The van der Waals surface area contributed by atoms with Gasteiger partial charge < -0.3 is 5.73 Å². The van der Waals surface area contributed by atoms with Gasteiger partial charge in [0.1, 0.15) is 0 Å². The highest BCUT2D eigenvalue weighted by Gasteiger charge is 2.52. The maximum absolute atomic E-state index is 6.00. The molecule has 5 rings (SSSR count). The summed E-state index contributed by atoms with van der Waals surface area (Å²) in [5.41, 5.74) is 11.5. The lowest BCUT2D eigenvalue weighted by molar-refractivity contribution is -0.0140. The molecule has 2 heteroatoms. The van der Waals surface area contributed by atoms with Gasteiger partial charge in [-0.2, -0.15) is 0 Å². The fraction of sp³-hybridized carbons (Fsp3) is 0.440. The number of likely N-dealkylation sites (tertiary alicyclic amines) is 1. The Morgan fingerprint density at radius 2 is 2.00 bits per heavy atom. The minimum atomic E-state index is 0.186. The fourth-order valence-corrected chi connectivity index (χ4v) is 6.13. The van der Waals surface area contributed by atoms with Gasteiger partial charge in [-0.3, -0.25) is 4.90 Å². The number of nitrogens with two attached hydrogens (primary N) is 1. The molecule has 1 aliphatic heterocycles. The summed E-state index contributed by atoms with van der Waals surface area (Å²) in [6, 6.07) is 18.8. The van der Waals surface area contributed by atoms with Crippen LogP contribution < -0.4 is 5.73 Å². The van der Waals surface area contributed by atoms with Crippen LogP contribution in [0, 0.1) is 11.8 Å². The van der Waals surface area contributed by atoms with Gasteiger partial charge in [-0.1, -0.05) is 55.5 Å². The van der Waals surface area contributed by atoms with Crippen LogP contribution in [0.15, 0.2) is 60.7 Å². The number of nitrogens with zero attached hydrogens (tertiary/aromatic N) is 1. The van der Waals surface area contributed by atoms with E-state index in [1.165, 1.54) is 18.4 Å². The van der Waals surface area contributed by atoms with Crippen LogP contribution in [-0.2, 0) is 18.3 Å². The second-order valence-corrected chi connectivity index (χ2v) is 9.05. The van der Waals surface area contributed by atoms with Gasteiger partial charge in [0.25, 0.3) is 0 Å². The predicted octanol–water partition coefficient (Wildman–Crippen LogP) is 4.59. The number of hydrogen-bond donors (Lipinski definition) is 1. The highest BCUT2D eigenvalue weighted by Crippen LogP contribution is 2.53. The van der Waals surface area contributed by atoms with Crippen molar-refractivity contribution in [3.05, 3.63) is 77.4 Å². The third kappa shape index (κ3) is 2.65. The fourth-order valence-electron chi connectivity index (χ4n) is 6.13. The topological polar surface area (TPSA) is 29.3 Å². The molecule has 2 nitrogen and oxygen atoms in total. The van der Waals surface area contributed by atoms with Crippen molar-refractivity contribution in [2.75, 3.05) is 12.3 Å². The van der Waals surface area contributed by atoms with Gasteiger partial charge in [-0.05, 0) is 66.8 Å². The molecule has 3 aliphatic rings. The van der Waals surface area contributed by atoms with Crippen molar-refractivity contribution in [2.24, 2.45) is 11.8 Å². The van der Waals surface area contributed by atoms with Crippen molar-refractivity contribution in [3.63, 3.8) is 0 Å². The van der Waals surface area contributed by atoms with Crippen molar-refractivity contribution < 1.29 is 0 Å². The van der Waals surface area contributed by atoms with Gasteiger partial charge >= 0.3 is 0 Å². The molecule has 0 radical (unpaired) electrons. The maximum atomic E-state index is 6.00. The Kier molecular flexibility index (Phi) is 3.94. The average Bonchev–Trinajstić information content (AvgIpc) is 2.67. The lowest BCUT2D eigenvalue weighted by atomic mass is 9.54. The zero-order valence-electron chi connectivity index (χ0n) is 16.4. The molecule has 1 fully saturated rings. The number of benzene rings is 2. The second-order valence-electron chi connectivity index (χ2n) is 9.05. The SMILES string of the molecule is CC1C2C=C[C@]3(C)c4ccccc4CC(C3C2)N1CCc1cccc(N)c1. The lowest BCUT2D eigenvalue weighted by Gasteiger charge is -2.59. The van der Waals surface area contributed by atoms with E-state index in [1.807, 2.05) is 6.07 Å². The first-order valence-electron chi connectivity index (χ1n) is 10.4. The van der Waals surface area contributed by atoms with Crippen LogP contribution in [0.4, 0.5) is 5.69 Å². The van der Waals surface area contributed by atoms with Crippen LogP contribution >= 0.6 is 0 Å². The van der Waals surface area contributed by atoms with Gasteiger partial charge in [0.2, 0.25) is 0 Å². The molecule has 27 heavy (non-hydrogen) atoms. The zero-order valence-corrected chi connectivity index (χ0v) is 16.4. The van der Waals surface area contributed by atoms with E-state index in [4.69, 9.17) is 5.73 Å². The minimum absolute atomic E-state index is 0.186. The molecular weight excluding hydrogens is 328 g/mol. The smallest absolute Gasteiger partial charge is 0.0316 e. The van der Waals surface area contributed by atoms with E-state index in [9.17, 15) is 0 Å². The third-order valence-corrected chi connectivity index (χ3v) is 7.66. The third-order valence-electron chi connectivity index (χ3n) is 7.66. The van der Waals surface area contributed by atoms with Crippen molar-refractivity contribution in [1.29, 1.82) is 0 Å². The summed E-state index contributed by atoms with van der Waals surface area (Å²) < 4.78 is 0. The van der Waals surface area contributed by atoms with Crippen LogP contribution in [-0.4, -0.2) is 23.5 Å². The quantitative estimate of drug-likeness (QED) is 0.642. The number of anilines is 1. The average molecular weight is 359 g/mol. The number of piperidine rings is 1. The van der Waals surface area contributed by atoms with E-state index in [-0.39, 0.29) is 5.41 Å². The first-order chi connectivity index (χ1) is 13.1. The first kappa shape index (κ1) is 17.1. The Balaban J connectivity index is 1.49. The molecule has 0 spiro atoms. The van der Waals surface area contributed by atoms with Crippen molar-refractivity contribution in [1.82, 2.24) is 4.90 Å². The molecule has 2 bridgehead atoms. The molecule has 0 saturated carbocycles. The number of fused-ring (bicyclic) bond motifs is 3. The van der Waals surface area contributed by atoms with E-state index in [1.54, 1.807) is 11.1 Å². The Morgan fingerprint density at radius 1 is 1.15 bits per heavy atom. The van der Waals surface area contributed by atoms with Crippen molar-refractivity contribution >= 4 is 5.69 Å². The van der Waals surface area contributed by atoms with Gasteiger partial charge in [-0.15, -0.1) is 0 Å². The molecule has 0 aromatic heterocycles. The number of nitrogen functional groups attached to an aromatic ring is 1. The van der Waals surface area contributed by atoms with Crippen LogP contribution in [0.2, 0.25) is 0 Å². The minimum Gasteiger partial charge on any atom is -0.399 e. The Labute approximate surface area is 163 Å². The molecule has 140 valence electrons. The zero-order chi connectivity index (χ0) is 18.6. The highest BCUT2D eigenvalue weighted by molar-refractivity contribution is 5.45. The summed E-state index contributed by atoms with van der Waals surface area (Å²) >= 11 is 0. The van der Waals surface area contributed by atoms with E-state index in [0.717, 1.165) is 24.6 Å². The summed E-state index contributed by atoms with van der Waals surface area (Å²) in [6.45, 7) is 6.03. The predicted molar refractivity (Wildman–Crippen MR) is 113 cm³/mol. The van der Waals surface area contributed by atoms with Crippen LogP contribution in [0.25, 0.3) is 0 Å². The maximum Gasteiger partial charge on any atom is 0.0316 e. The molecule has 2 aliphatic carbocycles. The molecule has 2 N–H and O–H groups in total. The highest BCUT2D eigenvalue weighted by atomic mass is 15.2. The van der Waals surface area contributed by atoms with E-state index in [2.05, 4.69) is 73.4 Å². The van der Waals surface area contributed by atoms with Crippen LogP contribution in [0.3, 0.4) is 0 Å². The van der Waals surface area contributed by atoms with Gasteiger partial charge in [0.05, 0.1) is 0 Å². The molecule has 0 amide bonds. The summed E-state index contributed by atoms with van der Waals surface area (Å²) in [6.07, 6.45) is 8.67. The van der Waals surface area contributed by atoms with Gasteiger partial charge in [0.15, 0.2) is 0 Å². The Bertz CT molecular complexity index is 885. The summed E-state index contributed by atoms with van der Waals surface area (Å²) in [4.78, 5) is 2.82. The van der Waals surface area contributed by atoms with Crippen molar-refractivity contribution in [3.8, 4) is 0 Å². The molecule has 2 aromatic rings. The number of rotatable bonds is 3. The van der Waals surface area contributed by atoms with Gasteiger partial charge in [-0.25, -0.2) is 0 Å². The Morgan fingerprint density at radius 3 is 2.85 bits per heavy atom. The monoisotopic (exact) mass is 358 g/mol.